The number of carboxylic acid groups (broad SMARTS) is 1. The van der Waals surface area contributed by atoms with Crippen molar-refractivity contribution in [2.75, 3.05) is 23.3 Å². The number of carbonyl (C=O) groups excluding carboxylic acids is 1. The summed E-state index contributed by atoms with van der Waals surface area (Å²) in [6.45, 7) is 2.76. The smallest absolute Gasteiger partial charge is 0.306 e. The molecule has 1 aromatic rings. The Morgan fingerprint density at radius 3 is 2.55 bits per heavy atom. The summed E-state index contributed by atoms with van der Waals surface area (Å²) >= 11 is 5.96. The van der Waals surface area contributed by atoms with Crippen LogP contribution in [0.4, 0.5) is 11.4 Å². The van der Waals surface area contributed by atoms with Crippen LogP contribution in [0.15, 0.2) is 18.2 Å². The minimum atomic E-state index is -0.733. The number of nitrogens with zero attached hydrogens (tertiary/aromatic N) is 1. The predicted octanol–water partition coefficient (Wildman–Crippen LogP) is 2.60. The molecule has 6 heteroatoms. The molecule has 1 saturated heterocycles. The molecule has 0 unspecified atom stereocenters. The van der Waals surface area contributed by atoms with E-state index in [-0.39, 0.29) is 11.8 Å². The molecule has 0 spiro atoms. The molecule has 0 saturated carbocycles. The van der Waals surface area contributed by atoms with Gasteiger partial charge in [-0.3, -0.25) is 9.59 Å². The topological polar surface area (TPSA) is 69.6 Å². The lowest BCUT2D eigenvalue weighted by Crippen LogP contribution is -2.36. The van der Waals surface area contributed by atoms with Crippen molar-refractivity contribution in [1.29, 1.82) is 0 Å². The summed E-state index contributed by atoms with van der Waals surface area (Å²) in [7, 11) is 0. The number of hydrogen-bond donors (Lipinski definition) is 2. The predicted molar refractivity (Wildman–Crippen MR) is 78.3 cm³/mol. The number of hydrogen-bond acceptors (Lipinski definition) is 3. The van der Waals surface area contributed by atoms with Crippen LogP contribution in [0.3, 0.4) is 0 Å². The molecular formula is C14H17ClN2O3. The van der Waals surface area contributed by atoms with E-state index in [9.17, 15) is 9.59 Å². The van der Waals surface area contributed by atoms with Crippen molar-refractivity contribution in [2.45, 2.75) is 19.8 Å². The van der Waals surface area contributed by atoms with Crippen molar-refractivity contribution >= 4 is 34.9 Å². The molecule has 20 heavy (non-hydrogen) atoms. The van der Waals surface area contributed by atoms with Crippen molar-refractivity contribution in [3.63, 3.8) is 0 Å². The van der Waals surface area contributed by atoms with E-state index in [2.05, 4.69) is 10.2 Å². The number of halogens is 1. The largest absolute Gasteiger partial charge is 0.481 e. The number of nitrogens with one attached hydrogen (secondary N) is 1. The van der Waals surface area contributed by atoms with Crippen molar-refractivity contribution in [3.05, 3.63) is 23.2 Å². The number of aliphatic carboxylic acids is 1. The minimum absolute atomic E-state index is 0.158. The van der Waals surface area contributed by atoms with Gasteiger partial charge in [0.05, 0.1) is 17.3 Å². The van der Waals surface area contributed by atoms with Crippen LogP contribution in [-0.4, -0.2) is 30.1 Å². The minimum Gasteiger partial charge on any atom is -0.481 e. The first-order valence-electron chi connectivity index (χ1n) is 6.52. The molecule has 0 atom stereocenters. The Morgan fingerprint density at radius 2 is 2.00 bits per heavy atom. The first-order chi connectivity index (χ1) is 9.47. The van der Waals surface area contributed by atoms with E-state index in [0.29, 0.717) is 36.6 Å². The molecular weight excluding hydrogens is 280 g/mol. The molecule has 1 amide bonds. The van der Waals surface area contributed by atoms with Crippen LogP contribution in [0.1, 0.15) is 19.8 Å². The van der Waals surface area contributed by atoms with Crippen LogP contribution >= 0.6 is 11.6 Å². The number of rotatable bonds is 3. The van der Waals surface area contributed by atoms with E-state index in [1.165, 1.54) is 6.92 Å². The van der Waals surface area contributed by atoms with Crippen LogP contribution in [0.5, 0.6) is 0 Å². The van der Waals surface area contributed by atoms with Gasteiger partial charge in [-0.05, 0) is 31.0 Å². The normalized spacial score (nSPS) is 16.0. The van der Waals surface area contributed by atoms with E-state index in [0.717, 1.165) is 5.69 Å². The SMILES string of the molecule is CC(=O)Nc1cc(Cl)ccc1N1CCC(C(=O)O)CC1. The summed E-state index contributed by atoms with van der Waals surface area (Å²) in [5.74, 6) is -1.17. The van der Waals surface area contributed by atoms with E-state index in [1.54, 1.807) is 12.1 Å². The molecule has 2 rings (SSSR count). The molecule has 1 heterocycles. The maximum atomic E-state index is 11.3. The van der Waals surface area contributed by atoms with E-state index in [4.69, 9.17) is 16.7 Å². The number of benzene rings is 1. The highest BCUT2D eigenvalue weighted by molar-refractivity contribution is 6.31. The molecule has 1 aliphatic heterocycles. The maximum absolute atomic E-state index is 11.3. The van der Waals surface area contributed by atoms with Gasteiger partial charge < -0.3 is 15.3 Å². The molecule has 1 fully saturated rings. The molecule has 0 aliphatic carbocycles. The third kappa shape index (κ3) is 3.42. The lowest BCUT2D eigenvalue weighted by molar-refractivity contribution is -0.142. The zero-order valence-electron chi connectivity index (χ0n) is 11.2. The van der Waals surface area contributed by atoms with Gasteiger partial charge in [-0.2, -0.15) is 0 Å². The lowest BCUT2D eigenvalue weighted by Gasteiger charge is -2.33. The molecule has 1 aromatic carbocycles. The van der Waals surface area contributed by atoms with Crippen molar-refractivity contribution in [3.8, 4) is 0 Å². The van der Waals surface area contributed by atoms with Gasteiger partial charge in [-0.1, -0.05) is 11.6 Å². The third-order valence-corrected chi connectivity index (χ3v) is 3.69. The second-order valence-corrected chi connectivity index (χ2v) is 5.38. The first-order valence-corrected chi connectivity index (χ1v) is 6.90. The quantitative estimate of drug-likeness (QED) is 0.899. The number of piperidine rings is 1. The monoisotopic (exact) mass is 296 g/mol. The second-order valence-electron chi connectivity index (χ2n) is 4.94. The highest BCUT2D eigenvalue weighted by atomic mass is 35.5. The van der Waals surface area contributed by atoms with Gasteiger partial charge in [0.1, 0.15) is 0 Å². The highest BCUT2D eigenvalue weighted by Gasteiger charge is 2.25. The Labute approximate surface area is 122 Å². The number of amides is 1. The molecule has 5 nitrogen and oxygen atoms in total. The summed E-state index contributed by atoms with van der Waals surface area (Å²) < 4.78 is 0. The Bertz CT molecular complexity index is 525. The summed E-state index contributed by atoms with van der Waals surface area (Å²) in [4.78, 5) is 24.3. The van der Waals surface area contributed by atoms with Crippen molar-refractivity contribution in [2.24, 2.45) is 5.92 Å². The van der Waals surface area contributed by atoms with Crippen LogP contribution < -0.4 is 10.2 Å². The molecule has 2 N–H and O–H groups in total. The van der Waals surface area contributed by atoms with Gasteiger partial charge in [0, 0.05) is 25.0 Å². The van der Waals surface area contributed by atoms with Gasteiger partial charge in [-0.25, -0.2) is 0 Å². The summed E-state index contributed by atoms with van der Waals surface area (Å²) in [6, 6.07) is 5.34. The average molecular weight is 297 g/mol. The summed E-state index contributed by atoms with van der Waals surface area (Å²) in [5, 5.41) is 12.3. The van der Waals surface area contributed by atoms with Gasteiger partial charge in [0.15, 0.2) is 0 Å². The Kier molecular flexibility index (Phi) is 4.49. The fraction of sp³-hybridized carbons (Fsp3) is 0.429. The zero-order chi connectivity index (χ0) is 14.7. The first kappa shape index (κ1) is 14.7. The molecule has 0 aromatic heterocycles. The van der Waals surface area contributed by atoms with Gasteiger partial charge >= 0.3 is 5.97 Å². The van der Waals surface area contributed by atoms with Crippen molar-refractivity contribution < 1.29 is 14.7 Å². The molecule has 1 aliphatic rings. The molecule has 0 bridgehead atoms. The Hall–Kier alpha value is -1.75. The lowest BCUT2D eigenvalue weighted by atomic mass is 9.96. The summed E-state index contributed by atoms with van der Waals surface area (Å²) in [6.07, 6.45) is 1.22. The van der Waals surface area contributed by atoms with Gasteiger partial charge in [0.2, 0.25) is 5.91 Å². The maximum Gasteiger partial charge on any atom is 0.306 e. The number of anilines is 2. The third-order valence-electron chi connectivity index (χ3n) is 3.45. The zero-order valence-corrected chi connectivity index (χ0v) is 12.0. The Morgan fingerprint density at radius 1 is 1.35 bits per heavy atom. The van der Waals surface area contributed by atoms with Crippen molar-refractivity contribution in [1.82, 2.24) is 0 Å². The second kappa shape index (κ2) is 6.13. The molecule has 0 radical (unpaired) electrons. The number of carboxylic acids is 1. The van der Waals surface area contributed by atoms with Crippen LogP contribution in [0.2, 0.25) is 5.02 Å². The van der Waals surface area contributed by atoms with Crippen LogP contribution in [0, 0.1) is 5.92 Å². The number of carbonyl (C=O) groups is 2. The standard InChI is InChI=1S/C14H17ClN2O3/c1-9(18)16-12-8-11(15)2-3-13(12)17-6-4-10(5-7-17)14(19)20/h2-3,8,10H,4-7H2,1H3,(H,16,18)(H,19,20). The average Bonchev–Trinajstić information content (AvgIpc) is 2.38. The van der Waals surface area contributed by atoms with Crippen LogP contribution in [0.25, 0.3) is 0 Å². The fourth-order valence-corrected chi connectivity index (χ4v) is 2.61. The van der Waals surface area contributed by atoms with Gasteiger partial charge in [-0.15, -0.1) is 0 Å². The van der Waals surface area contributed by atoms with E-state index < -0.39 is 5.97 Å². The highest BCUT2D eigenvalue weighted by Crippen LogP contribution is 2.32. The Balaban J connectivity index is 2.16. The fourth-order valence-electron chi connectivity index (χ4n) is 2.44. The molecule has 108 valence electrons. The summed E-state index contributed by atoms with van der Waals surface area (Å²) in [5.41, 5.74) is 1.55. The van der Waals surface area contributed by atoms with Gasteiger partial charge in [0.25, 0.3) is 0 Å². The van der Waals surface area contributed by atoms with E-state index in [1.807, 2.05) is 6.07 Å². The van der Waals surface area contributed by atoms with Crippen LogP contribution in [-0.2, 0) is 9.59 Å². The van der Waals surface area contributed by atoms with E-state index >= 15 is 0 Å².